The van der Waals surface area contributed by atoms with E-state index in [0.717, 1.165) is 35.3 Å². The molecule has 2 rings (SSSR count). The zero-order valence-corrected chi connectivity index (χ0v) is 11.7. The Labute approximate surface area is 109 Å². The van der Waals surface area contributed by atoms with Crippen molar-refractivity contribution in [3.63, 3.8) is 0 Å². The average molecular weight is 256 g/mol. The van der Waals surface area contributed by atoms with Gasteiger partial charge in [0.2, 0.25) is 0 Å². The van der Waals surface area contributed by atoms with Gasteiger partial charge in [-0.3, -0.25) is 4.68 Å². The molecule has 1 saturated carbocycles. The predicted octanol–water partition coefficient (Wildman–Crippen LogP) is 2.91. The molecule has 1 aromatic heterocycles. The average Bonchev–Trinajstić information content (AvgIpc) is 2.98. The Morgan fingerprint density at radius 1 is 1.47 bits per heavy atom. The number of hydrogen-bond donors (Lipinski definition) is 1. The summed E-state index contributed by atoms with van der Waals surface area (Å²) >= 11 is 6.31. The molecular formula is C13H22ClN3. The Balaban J connectivity index is 1.89. The summed E-state index contributed by atoms with van der Waals surface area (Å²) in [7, 11) is 1.97. The fourth-order valence-corrected chi connectivity index (χ4v) is 2.79. The van der Waals surface area contributed by atoms with Gasteiger partial charge in [-0.25, -0.2) is 0 Å². The van der Waals surface area contributed by atoms with Crippen molar-refractivity contribution in [1.82, 2.24) is 15.1 Å². The summed E-state index contributed by atoms with van der Waals surface area (Å²) in [5.74, 6) is 0.887. The summed E-state index contributed by atoms with van der Waals surface area (Å²) in [6.07, 6.45) is 4.85. The molecule has 1 N–H and O–H groups in total. The normalized spacial score (nSPS) is 23.1. The molecule has 0 spiro atoms. The lowest BCUT2D eigenvalue weighted by atomic mass is 10.2. The first-order chi connectivity index (χ1) is 8.17. The van der Waals surface area contributed by atoms with E-state index < -0.39 is 0 Å². The van der Waals surface area contributed by atoms with E-state index in [0.29, 0.717) is 6.04 Å². The predicted molar refractivity (Wildman–Crippen MR) is 71.2 cm³/mol. The Morgan fingerprint density at radius 3 is 2.82 bits per heavy atom. The summed E-state index contributed by atoms with van der Waals surface area (Å²) in [6, 6.07) is 0.700. The maximum absolute atomic E-state index is 6.31. The summed E-state index contributed by atoms with van der Waals surface area (Å²) in [5.41, 5.74) is 2.12. The number of aryl methyl sites for hydroxylation is 2. The van der Waals surface area contributed by atoms with Crippen LogP contribution in [0.5, 0.6) is 0 Å². The van der Waals surface area contributed by atoms with Gasteiger partial charge in [-0.2, -0.15) is 5.10 Å². The third-order valence-corrected chi connectivity index (χ3v) is 4.05. The molecule has 17 heavy (non-hydrogen) atoms. The number of halogens is 1. The Morgan fingerprint density at radius 2 is 2.24 bits per heavy atom. The molecule has 1 aliphatic carbocycles. The molecular weight excluding hydrogens is 234 g/mol. The van der Waals surface area contributed by atoms with Crippen LogP contribution in [0.2, 0.25) is 5.02 Å². The van der Waals surface area contributed by atoms with Gasteiger partial charge in [-0.1, -0.05) is 31.9 Å². The van der Waals surface area contributed by atoms with Crippen LogP contribution in [0.15, 0.2) is 0 Å². The maximum atomic E-state index is 6.31. The maximum Gasteiger partial charge on any atom is 0.0863 e. The van der Waals surface area contributed by atoms with Gasteiger partial charge in [-0.15, -0.1) is 0 Å². The van der Waals surface area contributed by atoms with Gasteiger partial charge in [0.25, 0.3) is 0 Å². The van der Waals surface area contributed by atoms with Crippen LogP contribution in [0.25, 0.3) is 0 Å². The highest BCUT2D eigenvalue weighted by atomic mass is 35.5. The highest BCUT2D eigenvalue weighted by Crippen LogP contribution is 2.35. The molecule has 1 fully saturated rings. The van der Waals surface area contributed by atoms with E-state index in [-0.39, 0.29) is 0 Å². The first kappa shape index (κ1) is 12.9. The van der Waals surface area contributed by atoms with Gasteiger partial charge >= 0.3 is 0 Å². The fourth-order valence-electron chi connectivity index (χ4n) is 2.43. The van der Waals surface area contributed by atoms with Crippen molar-refractivity contribution in [2.45, 2.75) is 52.1 Å². The van der Waals surface area contributed by atoms with Gasteiger partial charge in [-0.05, 0) is 25.2 Å². The number of rotatable bonds is 6. The van der Waals surface area contributed by atoms with E-state index in [1.54, 1.807) is 0 Å². The van der Waals surface area contributed by atoms with Crippen LogP contribution in [-0.2, 0) is 20.0 Å². The second kappa shape index (κ2) is 5.40. The van der Waals surface area contributed by atoms with Crippen molar-refractivity contribution in [3.05, 3.63) is 16.4 Å². The van der Waals surface area contributed by atoms with E-state index in [1.807, 2.05) is 11.7 Å². The van der Waals surface area contributed by atoms with Crippen LogP contribution in [-0.4, -0.2) is 15.8 Å². The van der Waals surface area contributed by atoms with Gasteiger partial charge in [0.1, 0.15) is 0 Å². The van der Waals surface area contributed by atoms with Crippen LogP contribution in [0, 0.1) is 5.92 Å². The van der Waals surface area contributed by atoms with E-state index >= 15 is 0 Å². The molecule has 1 heterocycles. The van der Waals surface area contributed by atoms with Crippen LogP contribution >= 0.6 is 11.6 Å². The fraction of sp³-hybridized carbons (Fsp3) is 0.769. The molecule has 3 nitrogen and oxygen atoms in total. The Kier molecular flexibility index (Phi) is 4.10. The first-order valence-corrected chi connectivity index (χ1v) is 6.98. The standard InChI is InChI=1S/C13H22ClN3/c1-4-6-9-7-11(9)15-8-12-13(14)10(5-2)16-17(12)3/h9,11,15H,4-8H2,1-3H3. The van der Waals surface area contributed by atoms with Gasteiger partial charge in [0, 0.05) is 19.6 Å². The van der Waals surface area contributed by atoms with Crippen LogP contribution in [0.1, 0.15) is 44.5 Å². The molecule has 0 aliphatic heterocycles. The Hall–Kier alpha value is -0.540. The SMILES string of the molecule is CCCC1CC1NCc1c(Cl)c(CC)nn1C. The quantitative estimate of drug-likeness (QED) is 0.847. The molecule has 2 unspecified atom stereocenters. The highest BCUT2D eigenvalue weighted by molar-refractivity contribution is 6.31. The smallest absolute Gasteiger partial charge is 0.0863 e. The number of hydrogen-bond acceptors (Lipinski definition) is 2. The van der Waals surface area contributed by atoms with Crippen molar-refractivity contribution in [1.29, 1.82) is 0 Å². The van der Waals surface area contributed by atoms with Gasteiger partial charge < -0.3 is 5.32 Å². The van der Waals surface area contributed by atoms with Crippen molar-refractivity contribution in [3.8, 4) is 0 Å². The highest BCUT2D eigenvalue weighted by Gasteiger charge is 2.35. The molecule has 4 heteroatoms. The lowest BCUT2D eigenvalue weighted by molar-refractivity contribution is 0.575. The summed E-state index contributed by atoms with van der Waals surface area (Å²) in [5, 5.41) is 8.85. The summed E-state index contributed by atoms with van der Waals surface area (Å²) in [6.45, 7) is 5.18. The van der Waals surface area contributed by atoms with Crippen LogP contribution in [0.3, 0.4) is 0 Å². The number of nitrogens with one attached hydrogen (secondary N) is 1. The minimum absolute atomic E-state index is 0.700. The molecule has 96 valence electrons. The van der Waals surface area contributed by atoms with Gasteiger partial charge in [0.05, 0.1) is 16.4 Å². The molecule has 2 atom stereocenters. The molecule has 0 radical (unpaired) electrons. The van der Waals surface area contributed by atoms with Crippen molar-refractivity contribution >= 4 is 11.6 Å². The molecule has 1 aromatic rings. The Bertz CT molecular complexity index is 386. The van der Waals surface area contributed by atoms with Crippen molar-refractivity contribution in [2.24, 2.45) is 13.0 Å². The van der Waals surface area contributed by atoms with Crippen LogP contribution < -0.4 is 5.32 Å². The van der Waals surface area contributed by atoms with Crippen molar-refractivity contribution < 1.29 is 0 Å². The third kappa shape index (κ3) is 2.83. The molecule has 0 amide bonds. The van der Waals surface area contributed by atoms with E-state index in [2.05, 4.69) is 24.3 Å². The lowest BCUT2D eigenvalue weighted by Crippen LogP contribution is -2.19. The first-order valence-electron chi connectivity index (χ1n) is 6.61. The lowest BCUT2D eigenvalue weighted by Gasteiger charge is -2.05. The van der Waals surface area contributed by atoms with Crippen molar-refractivity contribution in [2.75, 3.05) is 0 Å². The zero-order valence-electron chi connectivity index (χ0n) is 11.0. The van der Waals surface area contributed by atoms with E-state index in [4.69, 9.17) is 11.6 Å². The minimum atomic E-state index is 0.700. The monoisotopic (exact) mass is 255 g/mol. The molecule has 0 bridgehead atoms. The summed E-state index contributed by atoms with van der Waals surface area (Å²) in [4.78, 5) is 0. The molecule has 1 aliphatic rings. The van der Waals surface area contributed by atoms with Crippen LogP contribution in [0.4, 0.5) is 0 Å². The topological polar surface area (TPSA) is 29.9 Å². The number of aromatic nitrogens is 2. The minimum Gasteiger partial charge on any atom is -0.308 e. The second-order valence-electron chi connectivity index (χ2n) is 4.96. The molecule has 0 aromatic carbocycles. The zero-order chi connectivity index (χ0) is 12.4. The number of nitrogens with zero attached hydrogens (tertiary/aromatic N) is 2. The van der Waals surface area contributed by atoms with E-state index in [9.17, 15) is 0 Å². The third-order valence-electron chi connectivity index (χ3n) is 3.62. The summed E-state index contributed by atoms with van der Waals surface area (Å²) < 4.78 is 1.91. The van der Waals surface area contributed by atoms with E-state index in [1.165, 1.54) is 19.3 Å². The van der Waals surface area contributed by atoms with Gasteiger partial charge in [0.15, 0.2) is 0 Å². The second-order valence-corrected chi connectivity index (χ2v) is 5.33. The largest absolute Gasteiger partial charge is 0.308 e. The molecule has 0 saturated heterocycles.